The Balaban J connectivity index is 1.46. The molecule has 2 N–H and O–H groups in total. The number of likely N-dealkylation sites (tertiary alicyclic amines) is 1. The molecule has 1 aromatic rings. The minimum atomic E-state index is -0.0359. The van der Waals surface area contributed by atoms with Gasteiger partial charge in [-0.2, -0.15) is 0 Å². The lowest BCUT2D eigenvalue weighted by atomic mass is 9.97. The molecule has 0 aliphatic carbocycles. The summed E-state index contributed by atoms with van der Waals surface area (Å²) >= 11 is 5.89. The van der Waals surface area contributed by atoms with Crippen molar-refractivity contribution in [3.05, 3.63) is 34.9 Å². The molecule has 0 aromatic heterocycles. The highest BCUT2D eigenvalue weighted by Crippen LogP contribution is 2.18. The van der Waals surface area contributed by atoms with Gasteiger partial charge in [0.05, 0.1) is 12.5 Å². The van der Waals surface area contributed by atoms with Gasteiger partial charge >= 0.3 is 0 Å². The summed E-state index contributed by atoms with van der Waals surface area (Å²) in [4.78, 5) is 26.6. The molecular formula is C19H26ClN3O2. The average molecular weight is 364 g/mol. The number of hydrogen-bond donors (Lipinski definition) is 2. The van der Waals surface area contributed by atoms with E-state index in [4.69, 9.17) is 11.6 Å². The molecule has 2 saturated heterocycles. The van der Waals surface area contributed by atoms with E-state index in [1.807, 2.05) is 29.2 Å². The Morgan fingerprint density at radius 3 is 2.72 bits per heavy atom. The van der Waals surface area contributed by atoms with Gasteiger partial charge in [-0.1, -0.05) is 23.7 Å². The van der Waals surface area contributed by atoms with E-state index in [2.05, 4.69) is 10.6 Å². The summed E-state index contributed by atoms with van der Waals surface area (Å²) < 4.78 is 0. The molecular weight excluding hydrogens is 338 g/mol. The zero-order chi connectivity index (χ0) is 17.6. The fraction of sp³-hybridized carbons (Fsp3) is 0.579. The third-order valence-corrected chi connectivity index (χ3v) is 5.33. The number of halogens is 1. The Labute approximate surface area is 154 Å². The Kier molecular flexibility index (Phi) is 6.32. The molecule has 2 unspecified atom stereocenters. The van der Waals surface area contributed by atoms with Crippen molar-refractivity contribution in [1.82, 2.24) is 15.5 Å². The Morgan fingerprint density at radius 1 is 1.20 bits per heavy atom. The highest BCUT2D eigenvalue weighted by Gasteiger charge is 2.26. The molecule has 5 nitrogen and oxygen atoms in total. The summed E-state index contributed by atoms with van der Waals surface area (Å²) in [6.07, 6.45) is 4.44. The lowest BCUT2D eigenvalue weighted by Crippen LogP contribution is -2.47. The van der Waals surface area contributed by atoms with Crippen LogP contribution in [0.4, 0.5) is 0 Å². The van der Waals surface area contributed by atoms with E-state index >= 15 is 0 Å². The topological polar surface area (TPSA) is 61.4 Å². The molecule has 136 valence electrons. The summed E-state index contributed by atoms with van der Waals surface area (Å²) in [5.74, 6) is 0.589. The molecule has 2 fully saturated rings. The minimum Gasteiger partial charge on any atom is -0.354 e. The second-order valence-corrected chi connectivity index (χ2v) is 7.48. The minimum absolute atomic E-state index is 0.0359. The number of hydrogen-bond acceptors (Lipinski definition) is 3. The van der Waals surface area contributed by atoms with Crippen molar-refractivity contribution < 1.29 is 9.59 Å². The molecule has 2 aliphatic rings. The van der Waals surface area contributed by atoms with Crippen molar-refractivity contribution in [2.75, 3.05) is 26.2 Å². The Bertz CT molecular complexity index is 599. The zero-order valence-corrected chi connectivity index (χ0v) is 15.2. The van der Waals surface area contributed by atoms with Crippen LogP contribution < -0.4 is 10.6 Å². The van der Waals surface area contributed by atoms with Crippen LogP contribution in [-0.4, -0.2) is 48.9 Å². The van der Waals surface area contributed by atoms with Crippen LogP contribution in [0.3, 0.4) is 0 Å². The summed E-state index contributed by atoms with van der Waals surface area (Å²) in [5, 5.41) is 6.95. The molecule has 2 atom stereocenters. The van der Waals surface area contributed by atoms with Gasteiger partial charge in [-0.25, -0.2) is 0 Å². The molecule has 0 bridgehead atoms. The lowest BCUT2D eigenvalue weighted by molar-refractivity contribution is -0.132. The monoisotopic (exact) mass is 363 g/mol. The zero-order valence-electron chi connectivity index (χ0n) is 14.5. The normalized spacial score (nSPS) is 23.5. The van der Waals surface area contributed by atoms with Crippen molar-refractivity contribution >= 4 is 23.4 Å². The number of nitrogens with zero attached hydrogens (tertiary/aromatic N) is 1. The van der Waals surface area contributed by atoms with Gasteiger partial charge in [0, 0.05) is 24.7 Å². The second-order valence-electron chi connectivity index (χ2n) is 7.05. The Hall–Kier alpha value is -1.59. The first-order chi connectivity index (χ1) is 12.1. The van der Waals surface area contributed by atoms with Gasteiger partial charge in [0.25, 0.3) is 0 Å². The molecule has 2 heterocycles. The van der Waals surface area contributed by atoms with Gasteiger partial charge in [0.1, 0.15) is 0 Å². The van der Waals surface area contributed by atoms with Crippen molar-refractivity contribution in [3.8, 4) is 0 Å². The number of nitrogens with one attached hydrogen (secondary N) is 2. The van der Waals surface area contributed by atoms with E-state index in [0.29, 0.717) is 23.9 Å². The van der Waals surface area contributed by atoms with Gasteiger partial charge in [-0.15, -0.1) is 0 Å². The van der Waals surface area contributed by atoms with Crippen molar-refractivity contribution in [3.63, 3.8) is 0 Å². The summed E-state index contributed by atoms with van der Waals surface area (Å²) in [6, 6.07) is 7.39. The standard InChI is InChI=1S/C19H26ClN3O2/c20-16-7-5-14(6-8-16)11-18(24)23-10-2-3-15(13-23)12-22-19(25)17-4-1-9-21-17/h5-8,15,17,21H,1-4,9-13H2,(H,22,25). The third-order valence-electron chi connectivity index (χ3n) is 5.08. The van der Waals surface area contributed by atoms with Crippen molar-refractivity contribution in [2.45, 2.75) is 38.1 Å². The predicted octanol–water partition coefficient (Wildman–Crippen LogP) is 1.99. The molecule has 6 heteroatoms. The van der Waals surface area contributed by atoms with Gasteiger partial charge in [-0.3, -0.25) is 9.59 Å². The highest BCUT2D eigenvalue weighted by atomic mass is 35.5. The van der Waals surface area contributed by atoms with Crippen LogP contribution >= 0.6 is 11.6 Å². The van der Waals surface area contributed by atoms with Crippen molar-refractivity contribution in [1.29, 1.82) is 0 Å². The number of benzene rings is 1. The number of piperidine rings is 1. The van der Waals surface area contributed by atoms with Crippen molar-refractivity contribution in [2.24, 2.45) is 5.92 Å². The van der Waals surface area contributed by atoms with Crippen LogP contribution in [0.5, 0.6) is 0 Å². The fourth-order valence-corrected chi connectivity index (χ4v) is 3.75. The number of rotatable bonds is 5. The van der Waals surface area contributed by atoms with Crippen LogP contribution in [0.2, 0.25) is 5.02 Å². The van der Waals surface area contributed by atoms with Crippen LogP contribution in [0.1, 0.15) is 31.2 Å². The Morgan fingerprint density at radius 2 is 2.00 bits per heavy atom. The largest absolute Gasteiger partial charge is 0.354 e. The van der Waals surface area contributed by atoms with E-state index in [9.17, 15) is 9.59 Å². The average Bonchev–Trinajstić information content (AvgIpc) is 3.16. The maximum absolute atomic E-state index is 12.5. The maximum Gasteiger partial charge on any atom is 0.237 e. The van der Waals surface area contributed by atoms with Gasteiger partial charge < -0.3 is 15.5 Å². The smallest absolute Gasteiger partial charge is 0.237 e. The molecule has 2 amide bonds. The lowest BCUT2D eigenvalue weighted by Gasteiger charge is -2.33. The molecule has 1 aromatic carbocycles. The first kappa shape index (κ1) is 18.2. The van der Waals surface area contributed by atoms with E-state index < -0.39 is 0 Å². The second kappa shape index (κ2) is 8.68. The molecule has 2 aliphatic heterocycles. The van der Waals surface area contributed by atoms with Gasteiger partial charge in [0.15, 0.2) is 0 Å². The van der Waals surface area contributed by atoms with Crippen LogP contribution in [0.25, 0.3) is 0 Å². The number of carbonyl (C=O) groups is 2. The quantitative estimate of drug-likeness (QED) is 0.841. The predicted molar refractivity (Wildman–Crippen MR) is 98.5 cm³/mol. The van der Waals surface area contributed by atoms with E-state index in [1.165, 1.54) is 0 Å². The molecule has 25 heavy (non-hydrogen) atoms. The molecule has 0 radical (unpaired) electrons. The van der Waals surface area contributed by atoms with E-state index in [0.717, 1.165) is 50.9 Å². The van der Waals surface area contributed by atoms with Crippen LogP contribution in [0, 0.1) is 5.92 Å². The first-order valence-corrected chi connectivity index (χ1v) is 9.53. The first-order valence-electron chi connectivity index (χ1n) is 9.15. The van der Waals surface area contributed by atoms with Crippen LogP contribution in [-0.2, 0) is 16.0 Å². The maximum atomic E-state index is 12.5. The van der Waals surface area contributed by atoms with Crippen LogP contribution in [0.15, 0.2) is 24.3 Å². The van der Waals surface area contributed by atoms with E-state index in [-0.39, 0.29) is 17.9 Å². The number of carbonyl (C=O) groups excluding carboxylic acids is 2. The SMILES string of the molecule is O=C(NCC1CCCN(C(=O)Cc2ccc(Cl)cc2)C1)C1CCCN1. The van der Waals surface area contributed by atoms with Gasteiger partial charge in [-0.05, 0) is 55.8 Å². The molecule has 0 spiro atoms. The number of amides is 2. The fourth-order valence-electron chi connectivity index (χ4n) is 3.62. The molecule has 0 saturated carbocycles. The summed E-state index contributed by atoms with van der Waals surface area (Å²) in [5.41, 5.74) is 0.983. The third kappa shape index (κ3) is 5.19. The molecule has 3 rings (SSSR count). The summed E-state index contributed by atoms with van der Waals surface area (Å²) in [6.45, 7) is 3.11. The summed E-state index contributed by atoms with van der Waals surface area (Å²) in [7, 11) is 0. The highest BCUT2D eigenvalue weighted by molar-refractivity contribution is 6.30. The van der Waals surface area contributed by atoms with Gasteiger partial charge in [0.2, 0.25) is 11.8 Å². The van der Waals surface area contributed by atoms with E-state index in [1.54, 1.807) is 0 Å².